The largest absolute Gasteiger partial charge is 0.354 e. The maximum absolute atomic E-state index is 14.5. The van der Waals surface area contributed by atoms with E-state index in [9.17, 15) is 16.8 Å². The van der Waals surface area contributed by atoms with Crippen LogP contribution in [0.4, 0.5) is 0 Å². The van der Waals surface area contributed by atoms with Crippen LogP contribution in [-0.4, -0.2) is 53.2 Å². The van der Waals surface area contributed by atoms with Gasteiger partial charge in [-0.05, 0) is 69.5 Å². The highest BCUT2D eigenvalue weighted by atomic mass is 32.2. The van der Waals surface area contributed by atoms with Gasteiger partial charge in [0.1, 0.15) is 0 Å². The molecule has 0 saturated carbocycles. The predicted octanol–water partition coefficient (Wildman–Crippen LogP) is 6.45. The lowest BCUT2D eigenvalue weighted by atomic mass is 10.0. The molecule has 0 fully saturated rings. The molecule has 0 radical (unpaired) electrons. The van der Waals surface area contributed by atoms with E-state index >= 15 is 0 Å². The van der Waals surface area contributed by atoms with Crippen molar-refractivity contribution in [2.24, 2.45) is 0 Å². The van der Waals surface area contributed by atoms with Crippen molar-refractivity contribution in [2.45, 2.75) is 61.8 Å². The maximum atomic E-state index is 14.5. The lowest BCUT2D eigenvalue weighted by molar-refractivity contribution is -0.227. The van der Waals surface area contributed by atoms with E-state index in [1.807, 2.05) is 74.5 Å². The summed E-state index contributed by atoms with van der Waals surface area (Å²) in [6.45, 7) is 6.67. The fourth-order valence-electron chi connectivity index (χ4n) is 4.79. The average Bonchev–Trinajstić information content (AvgIpc) is 3.02. The summed E-state index contributed by atoms with van der Waals surface area (Å²) in [5.74, 6) is -1.06. The molecule has 0 aliphatic heterocycles. The number of hydrogen-bond donors (Lipinski definition) is 0. The molecule has 8 nitrogen and oxygen atoms in total. The van der Waals surface area contributed by atoms with Gasteiger partial charge in [-0.25, -0.2) is 8.42 Å². The van der Waals surface area contributed by atoms with Gasteiger partial charge >= 0.3 is 0 Å². The van der Waals surface area contributed by atoms with Gasteiger partial charge in [0.25, 0.3) is 10.1 Å². The van der Waals surface area contributed by atoms with Crippen LogP contribution >= 0.6 is 0 Å². The second-order valence-corrected chi connectivity index (χ2v) is 14.9. The van der Waals surface area contributed by atoms with Crippen LogP contribution in [0.2, 0.25) is 0 Å². The number of rotatable bonds is 15. The third-order valence-electron chi connectivity index (χ3n) is 7.51. The SMILES string of the molecule is COC(C)(C)O[C@@H](CN([C@H](COS(=O)(=O)c1ccc(C)cc1)Cc1ccccc1)S(=O)(=O)c1ccc(C)cc1)c1ccccc1. The lowest BCUT2D eigenvalue weighted by Gasteiger charge is -2.36. The molecule has 4 aromatic carbocycles. The van der Waals surface area contributed by atoms with Crippen LogP contribution in [-0.2, 0) is 40.2 Å². The number of sulfonamides is 1. The molecular weight excluding hydrogens is 611 g/mol. The molecule has 10 heteroatoms. The van der Waals surface area contributed by atoms with Crippen LogP contribution in [0, 0.1) is 13.8 Å². The normalized spacial score (nSPS) is 13.9. The number of nitrogens with zero attached hydrogens (tertiary/aromatic N) is 1. The summed E-state index contributed by atoms with van der Waals surface area (Å²) in [7, 11) is -6.88. The molecule has 0 N–H and O–H groups in total. The van der Waals surface area contributed by atoms with Gasteiger partial charge in [-0.1, -0.05) is 96.1 Å². The average molecular weight is 652 g/mol. The van der Waals surface area contributed by atoms with Gasteiger partial charge in [-0.15, -0.1) is 0 Å². The minimum Gasteiger partial charge on any atom is -0.354 e. The van der Waals surface area contributed by atoms with E-state index in [1.54, 1.807) is 50.2 Å². The Kier molecular flexibility index (Phi) is 11.4. The van der Waals surface area contributed by atoms with Gasteiger partial charge in [-0.2, -0.15) is 12.7 Å². The molecule has 2 atom stereocenters. The molecule has 0 amide bonds. The van der Waals surface area contributed by atoms with Gasteiger partial charge in [0.2, 0.25) is 10.0 Å². The molecule has 4 aromatic rings. The van der Waals surface area contributed by atoms with E-state index in [0.717, 1.165) is 22.3 Å². The van der Waals surface area contributed by atoms with Crippen molar-refractivity contribution in [3.05, 3.63) is 131 Å². The molecule has 0 aromatic heterocycles. The molecular formula is C35H41NO7S2. The van der Waals surface area contributed by atoms with E-state index in [1.165, 1.54) is 23.5 Å². The van der Waals surface area contributed by atoms with Crippen LogP contribution < -0.4 is 0 Å². The molecule has 4 rings (SSSR count). The molecule has 0 aliphatic rings. The first-order chi connectivity index (χ1) is 21.3. The zero-order chi connectivity index (χ0) is 32.7. The van der Waals surface area contributed by atoms with Gasteiger partial charge in [0.15, 0.2) is 5.79 Å². The first-order valence-corrected chi connectivity index (χ1v) is 17.5. The van der Waals surface area contributed by atoms with Gasteiger partial charge in [-0.3, -0.25) is 4.18 Å². The van der Waals surface area contributed by atoms with Gasteiger partial charge in [0, 0.05) is 13.7 Å². The molecule has 0 spiro atoms. The molecule has 0 saturated heterocycles. The summed E-state index contributed by atoms with van der Waals surface area (Å²) in [6, 6.07) is 30.6. The summed E-state index contributed by atoms with van der Waals surface area (Å²) in [5, 5.41) is 0. The molecule has 240 valence electrons. The highest BCUT2D eigenvalue weighted by molar-refractivity contribution is 7.89. The fraction of sp³-hybridized carbons (Fsp3) is 0.314. The molecule has 0 unspecified atom stereocenters. The topological polar surface area (TPSA) is 99.2 Å². The van der Waals surface area contributed by atoms with Crippen molar-refractivity contribution in [2.75, 3.05) is 20.3 Å². The summed E-state index contributed by atoms with van der Waals surface area (Å²) in [5.41, 5.74) is 3.36. The summed E-state index contributed by atoms with van der Waals surface area (Å²) in [4.78, 5) is 0.0669. The van der Waals surface area contributed by atoms with Crippen LogP contribution in [0.5, 0.6) is 0 Å². The summed E-state index contributed by atoms with van der Waals surface area (Å²) in [6.07, 6.45) is -0.585. The standard InChI is InChI=1S/C35H41NO7S2/c1-27-16-20-32(21-17-27)44(37,38)36(25-34(43-35(3,4)41-5)30-14-10-7-11-15-30)31(24-29-12-8-6-9-13-29)26-42-45(39,40)33-22-18-28(2)19-23-33/h6-23,31,34H,24-26H2,1-5H3/t31-,34-/m0/s1. The van der Waals surface area contributed by atoms with Crippen LogP contribution in [0.15, 0.2) is 119 Å². The third-order valence-corrected chi connectivity index (χ3v) is 10.7. The molecule has 45 heavy (non-hydrogen) atoms. The fourth-order valence-corrected chi connectivity index (χ4v) is 7.34. The number of hydrogen-bond acceptors (Lipinski definition) is 7. The second kappa shape index (κ2) is 14.8. The highest BCUT2D eigenvalue weighted by Crippen LogP contribution is 2.31. The zero-order valence-electron chi connectivity index (χ0n) is 26.3. The second-order valence-electron chi connectivity index (χ2n) is 11.4. The molecule has 0 aliphatic carbocycles. The zero-order valence-corrected chi connectivity index (χ0v) is 27.9. The van der Waals surface area contributed by atoms with Crippen molar-refractivity contribution in [1.82, 2.24) is 4.31 Å². The monoisotopic (exact) mass is 651 g/mol. The van der Waals surface area contributed by atoms with E-state index < -0.39 is 44.7 Å². The minimum absolute atomic E-state index is 0.00755. The quantitative estimate of drug-likeness (QED) is 0.108. The van der Waals surface area contributed by atoms with Crippen molar-refractivity contribution < 1.29 is 30.5 Å². The van der Waals surface area contributed by atoms with E-state index in [-0.39, 0.29) is 22.8 Å². The van der Waals surface area contributed by atoms with E-state index in [2.05, 4.69) is 0 Å². The Balaban J connectivity index is 1.82. The number of aryl methyl sites for hydroxylation is 2. The number of ether oxygens (including phenoxy) is 2. The predicted molar refractivity (Wildman–Crippen MR) is 175 cm³/mol. The Hall–Kier alpha value is -3.38. The summed E-state index contributed by atoms with van der Waals surface area (Å²) >= 11 is 0. The third kappa shape index (κ3) is 9.32. The maximum Gasteiger partial charge on any atom is 0.297 e. The van der Waals surface area contributed by atoms with Gasteiger partial charge < -0.3 is 9.47 Å². The Morgan fingerprint density at radius 1 is 0.711 bits per heavy atom. The van der Waals surface area contributed by atoms with E-state index in [4.69, 9.17) is 13.7 Å². The number of benzene rings is 4. The summed E-state index contributed by atoms with van der Waals surface area (Å²) < 4.78 is 74.6. The first kappa shape index (κ1) is 34.5. The Labute approximate surface area is 267 Å². The Morgan fingerprint density at radius 2 is 1.22 bits per heavy atom. The first-order valence-electron chi connectivity index (χ1n) is 14.7. The van der Waals surface area contributed by atoms with Crippen LogP contribution in [0.3, 0.4) is 0 Å². The minimum atomic E-state index is -4.20. The highest BCUT2D eigenvalue weighted by Gasteiger charge is 2.37. The number of methoxy groups -OCH3 is 1. The van der Waals surface area contributed by atoms with Crippen LogP contribution in [0.25, 0.3) is 0 Å². The van der Waals surface area contributed by atoms with Crippen molar-refractivity contribution in [3.8, 4) is 0 Å². The molecule has 0 heterocycles. The smallest absolute Gasteiger partial charge is 0.297 e. The van der Waals surface area contributed by atoms with Gasteiger partial charge in [0.05, 0.1) is 28.5 Å². The van der Waals surface area contributed by atoms with Crippen molar-refractivity contribution >= 4 is 20.1 Å². The van der Waals surface area contributed by atoms with E-state index in [0.29, 0.717) is 0 Å². The van der Waals surface area contributed by atoms with Crippen molar-refractivity contribution in [1.29, 1.82) is 0 Å². The Bertz CT molecular complexity index is 1730. The van der Waals surface area contributed by atoms with Crippen LogP contribution in [0.1, 0.15) is 42.2 Å². The molecule has 0 bridgehead atoms. The van der Waals surface area contributed by atoms with Crippen molar-refractivity contribution in [3.63, 3.8) is 0 Å². The Morgan fingerprint density at radius 3 is 1.76 bits per heavy atom. The lowest BCUT2D eigenvalue weighted by Crippen LogP contribution is -2.47.